The van der Waals surface area contributed by atoms with Gasteiger partial charge in [0.1, 0.15) is 5.65 Å². The fourth-order valence-corrected chi connectivity index (χ4v) is 4.17. The Kier molecular flexibility index (Phi) is 6.87. The van der Waals surface area contributed by atoms with Crippen molar-refractivity contribution in [2.24, 2.45) is 5.73 Å². The zero-order valence-corrected chi connectivity index (χ0v) is 18.4. The van der Waals surface area contributed by atoms with Crippen molar-refractivity contribution in [2.45, 2.75) is 23.6 Å². The maximum atomic E-state index is 13.1. The number of carbonyl (C=O) groups excluding carboxylic acids is 2. The van der Waals surface area contributed by atoms with Crippen molar-refractivity contribution in [3.05, 3.63) is 102 Å². The number of pyridine rings is 1. The van der Waals surface area contributed by atoms with Crippen LogP contribution in [0, 0.1) is 0 Å². The van der Waals surface area contributed by atoms with Gasteiger partial charge >= 0.3 is 0 Å². The van der Waals surface area contributed by atoms with Crippen molar-refractivity contribution in [3.8, 4) is 0 Å². The van der Waals surface area contributed by atoms with Gasteiger partial charge in [-0.15, -0.1) is 11.8 Å². The predicted molar refractivity (Wildman–Crippen MR) is 126 cm³/mol. The van der Waals surface area contributed by atoms with Crippen LogP contribution in [0.25, 0.3) is 5.65 Å². The zero-order valence-electron chi connectivity index (χ0n) is 17.6. The first-order valence-electron chi connectivity index (χ1n) is 10.4. The highest BCUT2D eigenvalue weighted by Crippen LogP contribution is 2.23. The lowest BCUT2D eigenvalue weighted by Crippen LogP contribution is -2.33. The first kappa shape index (κ1) is 21.6. The van der Waals surface area contributed by atoms with E-state index in [-0.39, 0.29) is 18.9 Å². The Morgan fingerprint density at radius 1 is 0.969 bits per heavy atom. The Morgan fingerprint density at radius 3 is 2.44 bits per heavy atom. The van der Waals surface area contributed by atoms with Crippen LogP contribution in [-0.4, -0.2) is 32.6 Å². The summed E-state index contributed by atoms with van der Waals surface area (Å²) >= 11 is 1.67. The molecule has 32 heavy (non-hydrogen) atoms. The number of carbonyl (C=O) groups is 2. The van der Waals surface area contributed by atoms with E-state index in [4.69, 9.17) is 5.73 Å². The van der Waals surface area contributed by atoms with Gasteiger partial charge in [-0.05, 0) is 42.0 Å². The number of fused-ring (bicyclic) bond motifs is 1. The van der Waals surface area contributed by atoms with E-state index in [9.17, 15) is 9.59 Å². The van der Waals surface area contributed by atoms with Crippen molar-refractivity contribution < 1.29 is 9.59 Å². The highest BCUT2D eigenvalue weighted by Gasteiger charge is 2.17. The minimum atomic E-state index is -0.422. The van der Waals surface area contributed by atoms with Crippen molar-refractivity contribution in [1.29, 1.82) is 0 Å². The van der Waals surface area contributed by atoms with Gasteiger partial charge in [0.25, 0.3) is 5.91 Å². The monoisotopic (exact) mass is 444 g/mol. The number of benzene rings is 2. The summed E-state index contributed by atoms with van der Waals surface area (Å²) < 4.78 is 2.01. The molecule has 4 aromatic rings. The van der Waals surface area contributed by atoms with Gasteiger partial charge in [0.2, 0.25) is 5.91 Å². The number of thioether (sulfide) groups is 1. The molecule has 2 aromatic carbocycles. The van der Waals surface area contributed by atoms with Crippen LogP contribution in [0.3, 0.4) is 0 Å². The number of nitrogens with zero attached hydrogens (tertiary/aromatic N) is 3. The summed E-state index contributed by atoms with van der Waals surface area (Å²) in [6.45, 7) is 0.713. The lowest BCUT2D eigenvalue weighted by atomic mass is 10.1. The van der Waals surface area contributed by atoms with Crippen LogP contribution in [0.4, 0.5) is 0 Å². The van der Waals surface area contributed by atoms with Crippen LogP contribution >= 0.6 is 11.8 Å². The fourth-order valence-electron chi connectivity index (χ4n) is 3.39. The molecule has 0 radical (unpaired) electrons. The summed E-state index contributed by atoms with van der Waals surface area (Å²) in [6, 6.07) is 23.2. The smallest absolute Gasteiger partial charge is 0.254 e. The van der Waals surface area contributed by atoms with Gasteiger partial charge in [0, 0.05) is 48.1 Å². The Labute approximate surface area is 191 Å². The maximum Gasteiger partial charge on any atom is 0.254 e. The molecule has 6 nitrogen and oxygen atoms in total. The van der Waals surface area contributed by atoms with Gasteiger partial charge in [0.05, 0.1) is 5.69 Å². The van der Waals surface area contributed by atoms with E-state index in [1.54, 1.807) is 16.7 Å². The average Bonchev–Trinajstić information content (AvgIpc) is 3.24. The van der Waals surface area contributed by atoms with Gasteiger partial charge in [-0.3, -0.25) is 9.59 Å². The van der Waals surface area contributed by atoms with Crippen LogP contribution in [0.15, 0.2) is 90.1 Å². The van der Waals surface area contributed by atoms with Crippen molar-refractivity contribution in [1.82, 2.24) is 14.3 Å². The molecule has 0 spiro atoms. The molecule has 0 aliphatic rings. The molecule has 0 saturated heterocycles. The molecule has 0 bridgehead atoms. The first-order valence-corrected chi connectivity index (χ1v) is 11.3. The number of aromatic nitrogens is 2. The third-order valence-corrected chi connectivity index (χ3v) is 6.08. The lowest BCUT2D eigenvalue weighted by molar-refractivity contribution is -0.118. The lowest BCUT2D eigenvalue weighted by Gasteiger charge is -2.22. The van der Waals surface area contributed by atoms with Gasteiger partial charge in [-0.25, -0.2) is 4.98 Å². The summed E-state index contributed by atoms with van der Waals surface area (Å²) in [6.07, 6.45) is 4.14. The van der Waals surface area contributed by atoms with E-state index in [2.05, 4.69) is 4.98 Å². The van der Waals surface area contributed by atoms with Gasteiger partial charge in [0.15, 0.2) is 0 Å². The van der Waals surface area contributed by atoms with Gasteiger partial charge in [-0.2, -0.15) is 0 Å². The number of amides is 2. The molecule has 0 aliphatic heterocycles. The van der Waals surface area contributed by atoms with Gasteiger partial charge < -0.3 is 15.0 Å². The van der Waals surface area contributed by atoms with Gasteiger partial charge in [-0.1, -0.05) is 36.4 Å². The van der Waals surface area contributed by atoms with Crippen LogP contribution in [-0.2, 0) is 17.1 Å². The summed E-state index contributed by atoms with van der Waals surface area (Å²) in [7, 11) is 0. The van der Waals surface area contributed by atoms with E-state index < -0.39 is 5.91 Å². The zero-order chi connectivity index (χ0) is 22.3. The Hall–Kier alpha value is -3.58. The molecule has 162 valence electrons. The van der Waals surface area contributed by atoms with Crippen molar-refractivity contribution in [2.75, 3.05) is 6.54 Å². The first-order chi connectivity index (χ1) is 15.6. The molecule has 0 fully saturated rings. The molecular weight excluding hydrogens is 420 g/mol. The Bertz CT molecular complexity index is 1170. The SMILES string of the molecule is NC(=O)CCN(Cc1ccccc1)C(=O)c1ccc(SCc2cn3ccccc3n2)cc1. The molecule has 2 N–H and O–H groups in total. The minimum Gasteiger partial charge on any atom is -0.370 e. The van der Waals surface area contributed by atoms with Crippen molar-refractivity contribution >= 4 is 29.2 Å². The molecule has 0 atom stereocenters. The summed E-state index contributed by atoms with van der Waals surface area (Å²) in [5.74, 6) is 0.204. The van der Waals surface area contributed by atoms with Crippen LogP contribution in [0.1, 0.15) is 28.0 Å². The highest BCUT2D eigenvalue weighted by molar-refractivity contribution is 7.98. The topological polar surface area (TPSA) is 80.7 Å². The predicted octanol–water partition coefficient (Wildman–Crippen LogP) is 4.14. The molecular formula is C25H24N4O2S. The van der Waals surface area contributed by atoms with E-state index in [0.29, 0.717) is 12.1 Å². The fraction of sp³-hybridized carbons (Fsp3) is 0.160. The quantitative estimate of drug-likeness (QED) is 0.393. The Morgan fingerprint density at radius 2 is 1.72 bits per heavy atom. The second kappa shape index (κ2) is 10.2. The maximum absolute atomic E-state index is 13.1. The largest absolute Gasteiger partial charge is 0.370 e. The number of imidazole rings is 1. The number of primary amides is 1. The normalized spacial score (nSPS) is 10.9. The second-order valence-corrected chi connectivity index (χ2v) is 8.49. The molecule has 0 aliphatic carbocycles. The average molecular weight is 445 g/mol. The highest BCUT2D eigenvalue weighted by atomic mass is 32.2. The van der Waals surface area contributed by atoms with E-state index >= 15 is 0 Å². The van der Waals surface area contributed by atoms with E-state index in [0.717, 1.165) is 27.6 Å². The van der Waals surface area contributed by atoms with Crippen LogP contribution < -0.4 is 5.73 Å². The molecule has 0 unspecified atom stereocenters. The standard InChI is InChI=1S/C25H24N4O2S/c26-23(30)13-15-29(16-19-6-2-1-3-7-19)25(31)20-9-11-22(12-10-20)32-18-21-17-28-14-5-4-8-24(28)27-21/h1-12,14,17H,13,15-16,18H2,(H2,26,30). The number of hydrogen-bond acceptors (Lipinski definition) is 4. The van der Waals surface area contributed by atoms with Crippen LogP contribution in [0.2, 0.25) is 0 Å². The van der Waals surface area contributed by atoms with Crippen molar-refractivity contribution in [3.63, 3.8) is 0 Å². The number of hydrogen-bond donors (Lipinski definition) is 1. The third-order valence-electron chi connectivity index (χ3n) is 5.03. The minimum absolute atomic E-state index is 0.119. The number of rotatable bonds is 9. The molecule has 2 amide bonds. The molecule has 0 saturated carbocycles. The molecule has 7 heteroatoms. The molecule has 4 rings (SSSR count). The molecule has 2 heterocycles. The van der Waals surface area contributed by atoms with E-state index in [1.165, 1.54) is 0 Å². The second-order valence-electron chi connectivity index (χ2n) is 7.44. The summed E-state index contributed by atoms with van der Waals surface area (Å²) in [4.78, 5) is 31.7. The van der Waals surface area contributed by atoms with E-state index in [1.807, 2.05) is 89.6 Å². The molecule has 2 aromatic heterocycles. The summed E-state index contributed by atoms with van der Waals surface area (Å²) in [5, 5.41) is 0. The van der Waals surface area contributed by atoms with Crippen LogP contribution in [0.5, 0.6) is 0 Å². The third kappa shape index (κ3) is 5.56. The number of nitrogens with two attached hydrogens (primary N) is 1. The summed E-state index contributed by atoms with van der Waals surface area (Å²) in [5.41, 5.74) is 8.83. The Balaban J connectivity index is 1.41.